The van der Waals surface area contributed by atoms with Crippen LogP contribution in [0.4, 0.5) is 4.39 Å². The number of carbonyl (C=O) groups is 1. The molecule has 0 aliphatic heterocycles. The number of benzene rings is 3. The van der Waals surface area contributed by atoms with Crippen LogP contribution in [0.2, 0.25) is 0 Å². The highest BCUT2D eigenvalue weighted by Gasteiger charge is 2.55. The average Bonchev–Trinajstić information content (AvgIpc) is 2.71. The Morgan fingerprint density at radius 1 is 1.03 bits per heavy atom. The van der Waals surface area contributed by atoms with Crippen molar-refractivity contribution in [3.63, 3.8) is 0 Å². The van der Waals surface area contributed by atoms with E-state index in [0.29, 0.717) is 12.0 Å². The zero-order chi connectivity index (χ0) is 21.1. The van der Waals surface area contributed by atoms with E-state index in [2.05, 4.69) is 0 Å². The van der Waals surface area contributed by atoms with Crippen LogP contribution in [0.3, 0.4) is 0 Å². The molecule has 6 heteroatoms. The molecule has 3 rings (SSSR count). The fourth-order valence-electron chi connectivity index (χ4n) is 3.86. The lowest BCUT2D eigenvalue weighted by molar-refractivity contribution is -0.146. The zero-order valence-corrected chi connectivity index (χ0v) is 17.1. The number of carboxylic acids is 1. The van der Waals surface area contributed by atoms with Gasteiger partial charge in [0.05, 0.1) is 6.16 Å². The van der Waals surface area contributed by atoms with Crippen LogP contribution in [0.5, 0.6) is 0 Å². The molecule has 3 atom stereocenters. The smallest absolute Gasteiger partial charge is 0.317 e. The predicted octanol–water partition coefficient (Wildman–Crippen LogP) is 5.73. The molecular weight excluding hydrogens is 390 g/mol. The van der Waals surface area contributed by atoms with Gasteiger partial charge in [-0.25, -0.2) is 4.39 Å². The lowest BCUT2D eigenvalue weighted by Crippen LogP contribution is -2.44. The Morgan fingerprint density at radius 2 is 1.66 bits per heavy atom. The third-order valence-corrected chi connectivity index (χ3v) is 7.27. The Labute approximate surface area is 169 Å². The highest BCUT2D eigenvalue weighted by Crippen LogP contribution is 2.58. The molecule has 0 heterocycles. The van der Waals surface area contributed by atoms with Crippen LogP contribution in [0.15, 0.2) is 72.8 Å². The number of rotatable bonds is 8. The van der Waals surface area contributed by atoms with Crippen LogP contribution in [0.1, 0.15) is 30.9 Å². The van der Waals surface area contributed by atoms with Crippen LogP contribution in [0.25, 0.3) is 10.8 Å². The van der Waals surface area contributed by atoms with Gasteiger partial charge in [0.2, 0.25) is 7.37 Å². The SMILES string of the molecule is CCCC(C(=O)O)(c1ccc2ccccc2c1)C(F)P(=O)(O)Cc1ccccc1. The Kier molecular flexibility index (Phi) is 6.21. The maximum atomic E-state index is 15.8. The minimum absolute atomic E-state index is 0.0822. The van der Waals surface area contributed by atoms with E-state index in [1.807, 2.05) is 24.3 Å². The van der Waals surface area contributed by atoms with E-state index in [1.165, 1.54) is 0 Å². The Balaban J connectivity index is 2.11. The number of carboxylic acid groups (broad SMARTS) is 1. The molecule has 0 aliphatic rings. The van der Waals surface area contributed by atoms with Crippen molar-refractivity contribution in [2.45, 2.75) is 37.3 Å². The zero-order valence-electron chi connectivity index (χ0n) is 16.2. The highest BCUT2D eigenvalue weighted by molar-refractivity contribution is 7.57. The van der Waals surface area contributed by atoms with E-state index in [4.69, 9.17) is 0 Å². The third kappa shape index (κ3) is 4.12. The fourth-order valence-corrected chi connectivity index (χ4v) is 5.84. The normalized spacial score (nSPS) is 16.7. The minimum Gasteiger partial charge on any atom is -0.480 e. The summed E-state index contributed by atoms with van der Waals surface area (Å²) in [7, 11) is -4.48. The summed E-state index contributed by atoms with van der Waals surface area (Å²) in [5.74, 6) is -3.86. The Hall–Kier alpha value is -2.49. The molecule has 0 bridgehead atoms. The first-order valence-corrected chi connectivity index (χ1v) is 11.4. The third-order valence-electron chi connectivity index (χ3n) is 5.30. The standard InChI is InChI=1S/C23H24FO4P/c1-2-14-23(22(25)26,20-13-12-18-10-6-7-11-19(18)15-20)21(24)29(27,28)16-17-8-4-3-5-9-17/h3-13,15,21H,2,14,16H2,1H3,(H,25,26)(H,27,28). The van der Waals surface area contributed by atoms with Gasteiger partial charge in [-0.3, -0.25) is 9.36 Å². The van der Waals surface area contributed by atoms with Crippen molar-refractivity contribution in [3.05, 3.63) is 83.9 Å². The molecule has 3 aromatic rings. The van der Waals surface area contributed by atoms with E-state index >= 15 is 4.39 Å². The molecule has 152 valence electrons. The summed E-state index contributed by atoms with van der Waals surface area (Å²) in [6.07, 6.45) is -0.145. The average molecular weight is 414 g/mol. The summed E-state index contributed by atoms with van der Waals surface area (Å²) in [4.78, 5) is 23.1. The van der Waals surface area contributed by atoms with Gasteiger partial charge in [0.25, 0.3) is 0 Å². The Morgan fingerprint density at radius 3 is 2.28 bits per heavy atom. The summed E-state index contributed by atoms with van der Waals surface area (Å²) >= 11 is 0. The molecule has 0 radical (unpaired) electrons. The number of alkyl halides is 1. The monoisotopic (exact) mass is 414 g/mol. The largest absolute Gasteiger partial charge is 0.480 e. The molecular formula is C23H24FO4P. The summed E-state index contributed by atoms with van der Waals surface area (Å²) in [6, 6.07) is 20.7. The van der Waals surface area contributed by atoms with Crippen LogP contribution in [0, 0.1) is 0 Å². The molecule has 0 aromatic heterocycles. The first-order valence-electron chi connectivity index (χ1n) is 9.53. The van der Waals surface area contributed by atoms with Gasteiger partial charge in [-0.05, 0) is 34.4 Å². The molecule has 0 spiro atoms. The van der Waals surface area contributed by atoms with Crippen molar-refractivity contribution in [1.82, 2.24) is 0 Å². The number of hydrogen-bond acceptors (Lipinski definition) is 2. The summed E-state index contributed by atoms with van der Waals surface area (Å²) < 4.78 is 28.9. The van der Waals surface area contributed by atoms with Crippen molar-refractivity contribution < 1.29 is 23.7 Å². The second-order valence-corrected chi connectivity index (χ2v) is 9.60. The number of aliphatic carboxylic acids is 1. The lowest BCUT2D eigenvalue weighted by Gasteiger charge is -2.35. The molecule has 4 nitrogen and oxygen atoms in total. The van der Waals surface area contributed by atoms with Gasteiger partial charge >= 0.3 is 5.97 Å². The second-order valence-electron chi connectivity index (χ2n) is 7.32. The summed E-state index contributed by atoms with van der Waals surface area (Å²) in [5.41, 5.74) is -1.40. The number of hydrogen-bond donors (Lipinski definition) is 2. The quantitative estimate of drug-likeness (QED) is 0.462. The first kappa shape index (κ1) is 21.2. The van der Waals surface area contributed by atoms with Crippen LogP contribution < -0.4 is 0 Å². The molecule has 29 heavy (non-hydrogen) atoms. The van der Waals surface area contributed by atoms with Gasteiger partial charge in [-0.15, -0.1) is 0 Å². The van der Waals surface area contributed by atoms with Gasteiger partial charge in [0, 0.05) is 0 Å². The van der Waals surface area contributed by atoms with E-state index in [-0.39, 0.29) is 12.0 Å². The fraction of sp³-hybridized carbons (Fsp3) is 0.261. The van der Waals surface area contributed by atoms with Crippen LogP contribution >= 0.6 is 7.37 Å². The molecule has 0 aliphatic carbocycles. The minimum atomic E-state index is -4.48. The number of halogens is 1. The topological polar surface area (TPSA) is 74.6 Å². The van der Waals surface area contributed by atoms with Crippen LogP contribution in [-0.2, 0) is 20.9 Å². The first-order chi connectivity index (χ1) is 13.8. The lowest BCUT2D eigenvalue weighted by atomic mass is 9.77. The summed E-state index contributed by atoms with van der Waals surface area (Å²) in [5, 5.41) is 11.8. The van der Waals surface area contributed by atoms with Crippen molar-refractivity contribution in [3.8, 4) is 0 Å². The van der Waals surface area contributed by atoms with E-state index in [1.54, 1.807) is 55.5 Å². The maximum Gasteiger partial charge on any atom is 0.317 e. The Bertz CT molecular complexity index is 1050. The van der Waals surface area contributed by atoms with Gasteiger partial charge in [-0.1, -0.05) is 80.1 Å². The van der Waals surface area contributed by atoms with Crippen LogP contribution in [-0.4, -0.2) is 21.9 Å². The predicted molar refractivity (Wildman–Crippen MR) is 113 cm³/mol. The van der Waals surface area contributed by atoms with E-state index in [0.717, 1.165) is 10.8 Å². The molecule has 0 saturated carbocycles. The van der Waals surface area contributed by atoms with Crippen molar-refractivity contribution in [2.75, 3.05) is 0 Å². The van der Waals surface area contributed by atoms with E-state index in [9.17, 15) is 19.4 Å². The van der Waals surface area contributed by atoms with Gasteiger partial charge in [0.15, 0.2) is 5.91 Å². The molecule has 0 amide bonds. The second kappa shape index (κ2) is 8.48. The maximum absolute atomic E-state index is 15.8. The van der Waals surface area contributed by atoms with Crippen molar-refractivity contribution in [1.29, 1.82) is 0 Å². The summed E-state index contributed by atoms with van der Waals surface area (Å²) in [6.45, 7) is 1.74. The van der Waals surface area contributed by atoms with E-state index < -0.39 is 30.8 Å². The van der Waals surface area contributed by atoms with Gasteiger partial charge in [-0.2, -0.15) is 0 Å². The molecule has 0 fully saturated rings. The van der Waals surface area contributed by atoms with Crippen molar-refractivity contribution in [2.24, 2.45) is 0 Å². The molecule has 3 unspecified atom stereocenters. The molecule has 2 N–H and O–H groups in total. The van der Waals surface area contributed by atoms with Gasteiger partial charge in [0.1, 0.15) is 5.41 Å². The van der Waals surface area contributed by atoms with Crippen molar-refractivity contribution >= 4 is 24.1 Å². The highest BCUT2D eigenvalue weighted by atomic mass is 31.2. The molecule has 0 saturated heterocycles. The van der Waals surface area contributed by atoms with Gasteiger partial charge < -0.3 is 10.00 Å². The number of fused-ring (bicyclic) bond motifs is 1. The molecule has 3 aromatic carbocycles.